The largest absolute Gasteiger partial charge is 0.488 e. The third-order valence-electron chi connectivity index (χ3n) is 5.72. The van der Waals surface area contributed by atoms with E-state index in [0.717, 1.165) is 56.9 Å². The van der Waals surface area contributed by atoms with E-state index in [1.54, 1.807) is 12.4 Å². The van der Waals surface area contributed by atoms with Gasteiger partial charge in [0.1, 0.15) is 12.4 Å². The Hall–Kier alpha value is -3.57. The van der Waals surface area contributed by atoms with Crippen LogP contribution in [0.1, 0.15) is 50.9 Å². The van der Waals surface area contributed by atoms with Crippen LogP contribution in [0, 0.1) is 5.41 Å². The van der Waals surface area contributed by atoms with Crippen LogP contribution >= 0.6 is 0 Å². The molecule has 0 unspecified atom stereocenters. The number of benzene rings is 2. The summed E-state index contributed by atoms with van der Waals surface area (Å²) in [5.41, 5.74) is 11.7. The molecule has 0 atom stereocenters. The molecule has 0 fully saturated rings. The number of fused-ring (bicyclic) bond motifs is 1. The number of allylic oxidation sites excluding steroid dienone is 2. The number of aromatic nitrogens is 1. The molecule has 174 valence electrons. The van der Waals surface area contributed by atoms with Crippen molar-refractivity contribution < 1.29 is 4.74 Å². The van der Waals surface area contributed by atoms with Crippen molar-refractivity contribution in [2.45, 2.75) is 40.7 Å². The number of nitrogens with two attached hydrogens (primary N) is 1. The second kappa shape index (κ2) is 10.1. The van der Waals surface area contributed by atoms with Gasteiger partial charge in [0.25, 0.3) is 0 Å². The quantitative estimate of drug-likeness (QED) is 0.400. The number of aliphatic imine (C=N–C) groups is 2. The van der Waals surface area contributed by atoms with Gasteiger partial charge in [-0.2, -0.15) is 0 Å². The van der Waals surface area contributed by atoms with Crippen molar-refractivity contribution in [1.29, 1.82) is 0 Å². The molecule has 0 saturated heterocycles. The molecular formula is C29H32N4O. The summed E-state index contributed by atoms with van der Waals surface area (Å²) in [5, 5.41) is 2.23. The van der Waals surface area contributed by atoms with Crippen LogP contribution in [-0.4, -0.2) is 23.5 Å². The van der Waals surface area contributed by atoms with Gasteiger partial charge in [-0.3, -0.25) is 15.0 Å². The van der Waals surface area contributed by atoms with E-state index in [2.05, 4.69) is 68.0 Å². The van der Waals surface area contributed by atoms with E-state index in [4.69, 9.17) is 15.5 Å². The Bertz CT molecular complexity index is 1310. The average Bonchev–Trinajstić information content (AvgIpc) is 2.79. The molecule has 2 heterocycles. The van der Waals surface area contributed by atoms with Crippen molar-refractivity contribution in [2.75, 3.05) is 6.54 Å². The molecule has 1 aliphatic rings. The molecule has 2 N–H and O–H groups in total. The van der Waals surface area contributed by atoms with Crippen molar-refractivity contribution in [3.05, 3.63) is 83.3 Å². The molecule has 0 amide bonds. The summed E-state index contributed by atoms with van der Waals surface area (Å²) >= 11 is 0. The van der Waals surface area contributed by atoms with Crippen LogP contribution in [0.3, 0.4) is 0 Å². The highest BCUT2D eigenvalue weighted by atomic mass is 16.5. The molecule has 34 heavy (non-hydrogen) atoms. The first-order valence-electron chi connectivity index (χ1n) is 11.7. The summed E-state index contributed by atoms with van der Waals surface area (Å²) in [7, 11) is 0. The maximum Gasteiger partial charge on any atom is 0.127 e. The van der Waals surface area contributed by atoms with Crippen molar-refractivity contribution in [2.24, 2.45) is 21.1 Å². The lowest BCUT2D eigenvalue weighted by Crippen LogP contribution is -2.22. The molecule has 5 heteroatoms. The minimum atomic E-state index is 0.0651. The molecule has 1 aromatic heterocycles. The van der Waals surface area contributed by atoms with Gasteiger partial charge in [0.15, 0.2) is 0 Å². The van der Waals surface area contributed by atoms with Gasteiger partial charge < -0.3 is 10.5 Å². The lowest BCUT2D eigenvalue weighted by atomic mass is 9.85. The van der Waals surface area contributed by atoms with Crippen LogP contribution in [-0.2, 0) is 6.61 Å². The smallest absolute Gasteiger partial charge is 0.127 e. The second-order valence-electron chi connectivity index (χ2n) is 9.35. The monoisotopic (exact) mass is 452 g/mol. The maximum atomic E-state index is 6.27. The average molecular weight is 453 g/mol. The van der Waals surface area contributed by atoms with E-state index in [1.807, 2.05) is 30.3 Å². The molecule has 0 aliphatic carbocycles. The van der Waals surface area contributed by atoms with Gasteiger partial charge in [0.2, 0.25) is 0 Å². The normalized spacial score (nSPS) is 14.2. The van der Waals surface area contributed by atoms with Gasteiger partial charge in [0, 0.05) is 46.7 Å². The van der Waals surface area contributed by atoms with Crippen LogP contribution in [0.15, 0.2) is 76.5 Å². The first kappa shape index (κ1) is 23.6. The fourth-order valence-electron chi connectivity index (χ4n) is 3.80. The Kier molecular flexibility index (Phi) is 7.03. The van der Waals surface area contributed by atoms with Crippen LogP contribution < -0.4 is 10.5 Å². The van der Waals surface area contributed by atoms with E-state index in [9.17, 15) is 0 Å². The number of hydrogen-bond acceptors (Lipinski definition) is 5. The zero-order chi connectivity index (χ0) is 24.1. The first-order chi connectivity index (χ1) is 16.4. The summed E-state index contributed by atoms with van der Waals surface area (Å²) in [5.74, 6) is 0.856. The Morgan fingerprint density at radius 1 is 1.09 bits per heavy atom. The van der Waals surface area contributed by atoms with Gasteiger partial charge in [-0.25, -0.2) is 0 Å². The maximum absolute atomic E-state index is 6.27. The van der Waals surface area contributed by atoms with Gasteiger partial charge in [-0.15, -0.1) is 0 Å². The minimum absolute atomic E-state index is 0.0651. The summed E-state index contributed by atoms with van der Waals surface area (Å²) in [6.07, 6.45) is 8.51. The zero-order valence-electron chi connectivity index (χ0n) is 20.4. The molecule has 0 saturated carbocycles. The number of rotatable bonds is 8. The zero-order valence-corrected chi connectivity index (χ0v) is 20.4. The fourth-order valence-corrected chi connectivity index (χ4v) is 3.80. The molecule has 2 aromatic carbocycles. The minimum Gasteiger partial charge on any atom is -0.488 e. The number of pyridine rings is 1. The Labute approximate surface area is 201 Å². The molecule has 4 rings (SSSR count). The standard InChI is InChI=1S/C29H32N4O/c1-5-21(32-15-13-30)17-22-16-20(12-14-31-22)19-34-27-11-10-24(23-8-6-7-9-25(23)27)26-18-28(33-26)29(2,3)4/h6-12,14-18H,5,13,19,30H2,1-4H3/b21-17?,32-15-. The van der Waals surface area contributed by atoms with Crippen molar-refractivity contribution in [1.82, 2.24) is 4.98 Å². The molecule has 0 radical (unpaired) electrons. The molecule has 1 aliphatic heterocycles. The predicted octanol–water partition coefficient (Wildman–Crippen LogP) is 6.44. The lowest BCUT2D eigenvalue weighted by Gasteiger charge is -2.26. The summed E-state index contributed by atoms with van der Waals surface area (Å²) < 4.78 is 6.27. The van der Waals surface area contributed by atoms with Gasteiger partial charge in [-0.05, 0) is 53.8 Å². The third-order valence-corrected chi connectivity index (χ3v) is 5.72. The molecular weight excluding hydrogens is 420 g/mol. The number of nitrogens with zero attached hydrogens (tertiary/aromatic N) is 3. The second-order valence-corrected chi connectivity index (χ2v) is 9.35. The van der Waals surface area contributed by atoms with Crippen LogP contribution in [0.2, 0.25) is 0 Å². The number of ether oxygens (including phenoxy) is 1. The Morgan fingerprint density at radius 2 is 1.85 bits per heavy atom. The number of hydrogen-bond donors (Lipinski definition) is 1. The molecule has 3 aromatic rings. The highest BCUT2D eigenvalue weighted by molar-refractivity contribution is 6.15. The molecule has 0 bridgehead atoms. The van der Waals surface area contributed by atoms with Crippen LogP contribution in [0.25, 0.3) is 22.5 Å². The molecule has 5 nitrogen and oxygen atoms in total. The van der Waals surface area contributed by atoms with Gasteiger partial charge in [0.05, 0.1) is 11.4 Å². The van der Waals surface area contributed by atoms with Gasteiger partial charge >= 0.3 is 0 Å². The van der Waals surface area contributed by atoms with Gasteiger partial charge in [-0.1, -0.05) is 52.0 Å². The highest BCUT2D eigenvalue weighted by Gasteiger charge is 2.25. The van der Waals surface area contributed by atoms with E-state index < -0.39 is 0 Å². The Balaban J connectivity index is 1.54. The SMILES string of the molecule is CCC(=Cc1cc(COc2ccc(C3=CC(C(C)(C)C)=N3)c3ccccc23)ccn1)/N=C\CN. The first-order valence-corrected chi connectivity index (χ1v) is 11.7. The van der Waals surface area contributed by atoms with Crippen molar-refractivity contribution >= 4 is 34.5 Å². The summed E-state index contributed by atoms with van der Waals surface area (Å²) in [6.45, 7) is 9.50. The fraction of sp³-hybridized carbons (Fsp3) is 0.276. The van der Waals surface area contributed by atoms with Crippen LogP contribution in [0.5, 0.6) is 5.75 Å². The summed E-state index contributed by atoms with van der Waals surface area (Å²) in [6, 6.07) is 16.5. The predicted molar refractivity (Wildman–Crippen MR) is 143 cm³/mol. The Morgan fingerprint density at radius 3 is 2.56 bits per heavy atom. The topological polar surface area (TPSA) is 72.9 Å². The van der Waals surface area contributed by atoms with E-state index in [-0.39, 0.29) is 5.41 Å². The van der Waals surface area contributed by atoms with E-state index in [0.29, 0.717) is 13.2 Å². The summed E-state index contributed by atoms with van der Waals surface area (Å²) in [4.78, 5) is 13.6. The van der Waals surface area contributed by atoms with E-state index in [1.165, 1.54) is 0 Å². The van der Waals surface area contributed by atoms with Crippen molar-refractivity contribution in [3.63, 3.8) is 0 Å². The lowest BCUT2D eigenvalue weighted by molar-refractivity contribution is 0.310. The molecule has 0 spiro atoms. The van der Waals surface area contributed by atoms with Crippen molar-refractivity contribution in [3.8, 4) is 5.75 Å². The van der Waals surface area contributed by atoms with Crippen LogP contribution in [0.4, 0.5) is 0 Å². The van der Waals surface area contributed by atoms with E-state index >= 15 is 0 Å². The highest BCUT2D eigenvalue weighted by Crippen LogP contribution is 2.37. The third kappa shape index (κ3) is 5.32.